The van der Waals surface area contributed by atoms with E-state index in [-0.39, 0.29) is 10.5 Å². The van der Waals surface area contributed by atoms with Crippen LogP contribution in [0.25, 0.3) is 17.1 Å². The van der Waals surface area contributed by atoms with Gasteiger partial charge in [0, 0.05) is 29.9 Å². The van der Waals surface area contributed by atoms with Crippen LogP contribution in [0.4, 0.5) is 0 Å². The number of carboxylic acid groups (broad SMARTS) is 1. The summed E-state index contributed by atoms with van der Waals surface area (Å²) in [7, 11) is -2.37. The molecule has 0 fully saturated rings. The van der Waals surface area contributed by atoms with Gasteiger partial charge in [0.1, 0.15) is 5.75 Å². The molecule has 0 aliphatic carbocycles. The lowest BCUT2D eigenvalue weighted by Gasteiger charge is -2.08. The van der Waals surface area contributed by atoms with Gasteiger partial charge in [-0.25, -0.2) is 22.2 Å². The van der Waals surface area contributed by atoms with E-state index in [2.05, 4.69) is 4.98 Å². The minimum Gasteiger partial charge on any atom is -0.497 e. The summed E-state index contributed by atoms with van der Waals surface area (Å²) in [5.41, 5.74) is 0.821. The number of rotatable bonds is 5. The van der Waals surface area contributed by atoms with E-state index >= 15 is 0 Å². The fraction of sp³-hybridized carbons (Fsp3) is 0.0588. The van der Waals surface area contributed by atoms with Crippen LogP contribution in [0.5, 0.6) is 5.75 Å². The molecule has 3 aromatic rings. The Bertz CT molecular complexity index is 1080. The highest BCUT2D eigenvalue weighted by atomic mass is 32.2. The zero-order chi connectivity index (χ0) is 18.0. The van der Waals surface area contributed by atoms with Gasteiger partial charge in [0.05, 0.1) is 12.0 Å². The molecule has 0 saturated heterocycles. The molecule has 0 unspecified atom stereocenters. The maximum Gasteiger partial charge on any atom is 0.328 e. The van der Waals surface area contributed by atoms with Gasteiger partial charge in [-0.2, -0.15) is 0 Å². The van der Waals surface area contributed by atoms with E-state index in [1.807, 2.05) is 0 Å². The van der Waals surface area contributed by atoms with E-state index in [0.717, 1.165) is 10.0 Å². The molecule has 2 heterocycles. The van der Waals surface area contributed by atoms with E-state index in [1.54, 1.807) is 24.3 Å². The first-order chi connectivity index (χ1) is 11.9. The number of carbonyl (C=O) groups is 1. The predicted molar refractivity (Wildman–Crippen MR) is 92.0 cm³/mol. The molecule has 0 atom stereocenters. The first-order valence-corrected chi connectivity index (χ1v) is 8.63. The number of fused-ring (bicyclic) bond motifs is 1. The summed E-state index contributed by atoms with van der Waals surface area (Å²) in [6.07, 6.45) is 5.21. The summed E-state index contributed by atoms with van der Waals surface area (Å²) in [6, 6.07) is 9.45. The van der Waals surface area contributed by atoms with Crippen LogP contribution in [0.2, 0.25) is 0 Å². The summed E-state index contributed by atoms with van der Waals surface area (Å²) >= 11 is 0. The molecule has 0 bridgehead atoms. The van der Waals surface area contributed by atoms with Crippen molar-refractivity contribution >= 4 is 33.1 Å². The number of methoxy groups -OCH3 is 1. The van der Waals surface area contributed by atoms with Crippen molar-refractivity contribution in [2.45, 2.75) is 4.90 Å². The van der Waals surface area contributed by atoms with Gasteiger partial charge in [0.25, 0.3) is 10.0 Å². The monoisotopic (exact) mass is 358 g/mol. The van der Waals surface area contributed by atoms with Crippen molar-refractivity contribution in [2.75, 3.05) is 7.11 Å². The average Bonchev–Trinajstić information content (AvgIpc) is 3.04. The molecule has 25 heavy (non-hydrogen) atoms. The fourth-order valence-corrected chi connectivity index (χ4v) is 3.69. The van der Waals surface area contributed by atoms with Gasteiger partial charge >= 0.3 is 5.97 Å². The number of aliphatic carboxylic acids is 1. The van der Waals surface area contributed by atoms with Gasteiger partial charge < -0.3 is 9.84 Å². The number of ether oxygens (including phenoxy) is 1. The third-order valence-electron chi connectivity index (χ3n) is 3.53. The first-order valence-electron chi connectivity index (χ1n) is 7.19. The fourth-order valence-electron chi connectivity index (χ4n) is 2.34. The Labute approximate surface area is 143 Å². The molecule has 8 heteroatoms. The lowest BCUT2D eigenvalue weighted by Crippen LogP contribution is -2.12. The summed E-state index contributed by atoms with van der Waals surface area (Å²) in [4.78, 5) is 14.8. The van der Waals surface area contributed by atoms with E-state index < -0.39 is 16.0 Å². The molecule has 128 valence electrons. The van der Waals surface area contributed by atoms with E-state index in [1.165, 1.54) is 37.7 Å². The van der Waals surface area contributed by atoms with Gasteiger partial charge in [-0.15, -0.1) is 0 Å². The van der Waals surface area contributed by atoms with Crippen molar-refractivity contribution in [3.63, 3.8) is 0 Å². The predicted octanol–water partition coefficient (Wildman–Crippen LogP) is 2.38. The number of aromatic nitrogens is 2. The summed E-state index contributed by atoms with van der Waals surface area (Å²) in [5, 5.41) is 9.25. The minimum atomic E-state index is -3.83. The Hall–Kier alpha value is -3.13. The Balaban J connectivity index is 2.07. The summed E-state index contributed by atoms with van der Waals surface area (Å²) < 4.78 is 31.9. The maximum atomic E-state index is 12.9. The highest BCUT2D eigenvalue weighted by Gasteiger charge is 2.20. The van der Waals surface area contributed by atoms with Crippen molar-refractivity contribution in [2.24, 2.45) is 0 Å². The largest absolute Gasteiger partial charge is 0.497 e. The van der Waals surface area contributed by atoms with Crippen molar-refractivity contribution in [3.05, 3.63) is 60.4 Å². The van der Waals surface area contributed by atoms with Crippen molar-refractivity contribution in [3.8, 4) is 5.75 Å². The van der Waals surface area contributed by atoms with Crippen molar-refractivity contribution < 1.29 is 23.1 Å². The standard InChI is InChI=1S/C17H14N2O5S/c1-24-14-3-2-4-15(10-14)25(22,23)19-8-7-13-9-12(5-6-16(20)21)11-18-17(13)19/h2-11H,1H3,(H,20,21). The molecule has 2 aromatic heterocycles. The van der Waals surface area contributed by atoms with Gasteiger partial charge in [-0.05, 0) is 35.9 Å². The molecule has 0 radical (unpaired) electrons. The molecular weight excluding hydrogens is 344 g/mol. The summed E-state index contributed by atoms with van der Waals surface area (Å²) in [6.45, 7) is 0. The van der Waals surface area contributed by atoms with Gasteiger partial charge in [0.15, 0.2) is 5.65 Å². The van der Waals surface area contributed by atoms with Crippen LogP contribution in [0.15, 0.2) is 59.8 Å². The Morgan fingerprint density at radius 1 is 1.28 bits per heavy atom. The second-order valence-corrected chi connectivity index (χ2v) is 6.96. The van der Waals surface area contributed by atoms with Crippen LogP contribution in [-0.2, 0) is 14.8 Å². The Kier molecular flexibility index (Phi) is 4.28. The number of hydrogen-bond acceptors (Lipinski definition) is 5. The zero-order valence-corrected chi connectivity index (χ0v) is 14.0. The molecule has 0 spiro atoms. The molecule has 7 nitrogen and oxygen atoms in total. The van der Waals surface area contributed by atoms with Crippen molar-refractivity contribution in [1.82, 2.24) is 8.96 Å². The molecular formula is C17H14N2O5S. The Morgan fingerprint density at radius 2 is 2.08 bits per heavy atom. The third-order valence-corrected chi connectivity index (χ3v) is 5.19. The van der Waals surface area contributed by atoms with Gasteiger partial charge in [-0.3, -0.25) is 0 Å². The molecule has 1 N–H and O–H groups in total. The number of carboxylic acids is 1. The molecule has 3 rings (SSSR count). The number of benzene rings is 1. The zero-order valence-electron chi connectivity index (χ0n) is 13.2. The van der Waals surface area contributed by atoms with Crippen molar-refractivity contribution in [1.29, 1.82) is 0 Å². The van der Waals surface area contributed by atoms with Gasteiger partial charge in [-0.1, -0.05) is 6.07 Å². The van der Waals surface area contributed by atoms with Gasteiger partial charge in [0.2, 0.25) is 0 Å². The quantitative estimate of drug-likeness (QED) is 0.703. The maximum absolute atomic E-state index is 12.9. The first kappa shape index (κ1) is 16.7. The smallest absolute Gasteiger partial charge is 0.328 e. The number of pyridine rings is 1. The molecule has 0 saturated carbocycles. The topological polar surface area (TPSA) is 98.5 Å². The SMILES string of the molecule is COc1cccc(S(=O)(=O)n2ccc3cc(C=CC(=O)O)cnc32)c1. The Morgan fingerprint density at radius 3 is 2.80 bits per heavy atom. The van der Waals surface area contributed by atoms with E-state index in [4.69, 9.17) is 9.84 Å². The normalized spacial score (nSPS) is 11.9. The molecule has 0 aliphatic heterocycles. The minimum absolute atomic E-state index is 0.0843. The number of hydrogen-bond donors (Lipinski definition) is 1. The van der Waals surface area contributed by atoms with Crippen LogP contribution in [-0.4, -0.2) is 35.6 Å². The second-order valence-electron chi connectivity index (χ2n) is 5.15. The second kappa shape index (κ2) is 6.40. The lowest BCUT2D eigenvalue weighted by atomic mass is 10.2. The number of nitrogens with zero attached hydrogens (tertiary/aromatic N) is 2. The molecule has 0 aliphatic rings. The van der Waals surface area contributed by atoms with Crippen LogP contribution in [0.1, 0.15) is 5.56 Å². The van der Waals surface area contributed by atoms with E-state index in [9.17, 15) is 13.2 Å². The van der Waals surface area contributed by atoms with Crippen LogP contribution >= 0.6 is 0 Å². The van der Waals surface area contributed by atoms with Crippen LogP contribution in [0.3, 0.4) is 0 Å². The highest BCUT2D eigenvalue weighted by Crippen LogP contribution is 2.24. The van der Waals surface area contributed by atoms with Crippen LogP contribution < -0.4 is 4.74 Å². The van der Waals surface area contributed by atoms with Crippen LogP contribution in [0, 0.1) is 0 Å². The molecule has 0 amide bonds. The third kappa shape index (κ3) is 3.24. The average molecular weight is 358 g/mol. The van der Waals surface area contributed by atoms with E-state index in [0.29, 0.717) is 16.7 Å². The summed E-state index contributed by atoms with van der Waals surface area (Å²) in [5.74, 6) is -0.634. The lowest BCUT2D eigenvalue weighted by molar-refractivity contribution is -0.131. The highest BCUT2D eigenvalue weighted by molar-refractivity contribution is 7.90. The molecule has 1 aromatic carbocycles.